The lowest BCUT2D eigenvalue weighted by Gasteiger charge is -2.24. The van der Waals surface area contributed by atoms with Gasteiger partial charge in [0, 0.05) is 38.8 Å². The van der Waals surface area contributed by atoms with Crippen LogP contribution in [0.1, 0.15) is 28.8 Å². The Morgan fingerprint density at radius 3 is 2.52 bits per heavy atom. The Bertz CT molecular complexity index is 765. The second-order valence-corrected chi connectivity index (χ2v) is 6.21. The molecule has 0 saturated heterocycles. The van der Waals surface area contributed by atoms with E-state index in [1.807, 2.05) is 30.3 Å². The molecule has 0 bridgehead atoms. The van der Waals surface area contributed by atoms with E-state index in [1.54, 1.807) is 25.4 Å². The standard InChI is InChI=1S/C20H23N3O4/c1-23(12-6-10-18(24)25)20(27)17(13-15-7-3-2-4-8-15)22-19(26)16-9-5-11-21-14-16/h2-5,7-9,11,14,17H,6,10,12-13H2,1H3,(H,22,26)(H,24,25). The van der Waals surface area contributed by atoms with Gasteiger partial charge in [-0.1, -0.05) is 30.3 Å². The molecule has 2 rings (SSSR count). The van der Waals surface area contributed by atoms with Crippen LogP contribution in [-0.2, 0) is 16.0 Å². The Labute approximate surface area is 158 Å². The normalized spacial score (nSPS) is 11.4. The maximum Gasteiger partial charge on any atom is 0.303 e. The van der Waals surface area contributed by atoms with Crippen LogP contribution in [0, 0.1) is 0 Å². The van der Waals surface area contributed by atoms with Crippen molar-refractivity contribution in [3.63, 3.8) is 0 Å². The number of carboxylic acids is 1. The van der Waals surface area contributed by atoms with E-state index >= 15 is 0 Å². The molecule has 27 heavy (non-hydrogen) atoms. The number of likely N-dealkylation sites (N-methyl/N-ethyl adjacent to an activating group) is 1. The molecule has 0 spiro atoms. The first-order chi connectivity index (χ1) is 13.0. The van der Waals surface area contributed by atoms with E-state index in [9.17, 15) is 14.4 Å². The average Bonchev–Trinajstić information content (AvgIpc) is 2.68. The fourth-order valence-corrected chi connectivity index (χ4v) is 2.63. The molecule has 1 atom stereocenters. The number of hydrogen-bond donors (Lipinski definition) is 2. The maximum atomic E-state index is 12.8. The Kier molecular flexibility index (Phi) is 7.49. The van der Waals surface area contributed by atoms with Crippen LogP contribution in [0.5, 0.6) is 0 Å². The Hall–Kier alpha value is -3.22. The van der Waals surface area contributed by atoms with Gasteiger partial charge in [-0.25, -0.2) is 0 Å². The predicted molar refractivity (Wildman–Crippen MR) is 100 cm³/mol. The third-order valence-electron chi connectivity index (χ3n) is 4.07. The summed E-state index contributed by atoms with van der Waals surface area (Å²) in [6, 6.07) is 11.9. The molecule has 0 aliphatic heterocycles. The number of nitrogens with zero attached hydrogens (tertiary/aromatic N) is 2. The number of aliphatic carboxylic acids is 1. The summed E-state index contributed by atoms with van der Waals surface area (Å²) in [5, 5.41) is 11.5. The highest BCUT2D eigenvalue weighted by atomic mass is 16.4. The van der Waals surface area contributed by atoms with Crippen LogP contribution in [0.3, 0.4) is 0 Å². The third-order valence-corrected chi connectivity index (χ3v) is 4.07. The molecule has 0 radical (unpaired) electrons. The van der Waals surface area contributed by atoms with Gasteiger partial charge in [-0.2, -0.15) is 0 Å². The van der Waals surface area contributed by atoms with Crippen LogP contribution >= 0.6 is 0 Å². The number of benzene rings is 1. The lowest BCUT2D eigenvalue weighted by atomic mass is 10.0. The molecule has 142 valence electrons. The molecule has 0 aliphatic carbocycles. The Balaban J connectivity index is 2.09. The van der Waals surface area contributed by atoms with Crippen LogP contribution in [-0.4, -0.2) is 52.4 Å². The van der Waals surface area contributed by atoms with Crippen molar-refractivity contribution in [1.29, 1.82) is 0 Å². The van der Waals surface area contributed by atoms with Gasteiger partial charge in [-0.05, 0) is 24.1 Å². The van der Waals surface area contributed by atoms with Crippen molar-refractivity contribution in [1.82, 2.24) is 15.2 Å². The molecule has 1 aromatic carbocycles. The molecule has 0 saturated carbocycles. The van der Waals surface area contributed by atoms with Crippen molar-refractivity contribution in [3.8, 4) is 0 Å². The van der Waals surface area contributed by atoms with E-state index in [2.05, 4.69) is 10.3 Å². The second kappa shape index (κ2) is 10.1. The van der Waals surface area contributed by atoms with E-state index in [-0.39, 0.29) is 18.2 Å². The van der Waals surface area contributed by atoms with Gasteiger partial charge in [-0.3, -0.25) is 19.4 Å². The molecule has 1 aromatic heterocycles. The number of nitrogens with one attached hydrogen (secondary N) is 1. The molecular formula is C20H23N3O4. The first kappa shape index (κ1) is 20.1. The molecule has 2 aromatic rings. The number of pyridine rings is 1. The minimum atomic E-state index is -0.901. The van der Waals surface area contributed by atoms with Crippen LogP contribution in [0.2, 0.25) is 0 Å². The molecule has 7 heteroatoms. The Morgan fingerprint density at radius 2 is 1.89 bits per heavy atom. The molecule has 2 N–H and O–H groups in total. The smallest absolute Gasteiger partial charge is 0.303 e. The van der Waals surface area contributed by atoms with Crippen molar-refractivity contribution in [2.75, 3.05) is 13.6 Å². The lowest BCUT2D eigenvalue weighted by Crippen LogP contribution is -2.48. The van der Waals surface area contributed by atoms with E-state index in [1.165, 1.54) is 11.1 Å². The number of carbonyl (C=O) groups excluding carboxylic acids is 2. The summed E-state index contributed by atoms with van der Waals surface area (Å²) in [5.74, 6) is -1.54. The number of hydrogen-bond acceptors (Lipinski definition) is 4. The summed E-state index contributed by atoms with van der Waals surface area (Å²) in [7, 11) is 1.61. The lowest BCUT2D eigenvalue weighted by molar-refractivity contribution is -0.138. The van der Waals surface area contributed by atoms with Gasteiger partial charge in [0.05, 0.1) is 5.56 Å². The number of rotatable bonds is 9. The second-order valence-electron chi connectivity index (χ2n) is 6.21. The number of aromatic nitrogens is 1. The predicted octanol–water partition coefficient (Wildman–Crippen LogP) is 1.75. The molecule has 0 aliphatic rings. The van der Waals surface area contributed by atoms with E-state index < -0.39 is 12.0 Å². The molecule has 0 fully saturated rings. The Morgan fingerprint density at radius 1 is 1.15 bits per heavy atom. The first-order valence-corrected chi connectivity index (χ1v) is 8.69. The summed E-state index contributed by atoms with van der Waals surface area (Å²) >= 11 is 0. The van der Waals surface area contributed by atoms with Gasteiger partial charge in [0.1, 0.15) is 6.04 Å². The van der Waals surface area contributed by atoms with Gasteiger partial charge >= 0.3 is 5.97 Å². The fraction of sp³-hybridized carbons (Fsp3) is 0.300. The van der Waals surface area contributed by atoms with Gasteiger partial charge in [0.2, 0.25) is 5.91 Å². The number of amides is 2. The van der Waals surface area contributed by atoms with Gasteiger partial charge in [0.15, 0.2) is 0 Å². The van der Waals surface area contributed by atoms with Crippen LogP contribution < -0.4 is 5.32 Å². The van der Waals surface area contributed by atoms with Crippen LogP contribution in [0.4, 0.5) is 0 Å². The van der Waals surface area contributed by atoms with Gasteiger partial charge in [0.25, 0.3) is 5.91 Å². The van der Waals surface area contributed by atoms with Crippen molar-refractivity contribution < 1.29 is 19.5 Å². The zero-order valence-corrected chi connectivity index (χ0v) is 15.2. The monoisotopic (exact) mass is 369 g/mol. The minimum Gasteiger partial charge on any atom is -0.481 e. The molecule has 1 heterocycles. The average molecular weight is 369 g/mol. The van der Waals surface area contributed by atoms with Crippen molar-refractivity contribution in [2.45, 2.75) is 25.3 Å². The zero-order valence-electron chi connectivity index (χ0n) is 15.2. The highest BCUT2D eigenvalue weighted by Gasteiger charge is 2.25. The molecule has 7 nitrogen and oxygen atoms in total. The quantitative estimate of drug-likeness (QED) is 0.701. The van der Waals surface area contributed by atoms with E-state index in [0.29, 0.717) is 24.9 Å². The summed E-state index contributed by atoms with van der Waals surface area (Å²) in [6.45, 7) is 0.305. The highest BCUT2D eigenvalue weighted by molar-refractivity contribution is 5.97. The van der Waals surface area contributed by atoms with Crippen LogP contribution in [0.25, 0.3) is 0 Å². The highest BCUT2D eigenvalue weighted by Crippen LogP contribution is 2.08. The van der Waals surface area contributed by atoms with Crippen molar-refractivity contribution >= 4 is 17.8 Å². The molecule has 1 unspecified atom stereocenters. The van der Waals surface area contributed by atoms with Gasteiger partial charge in [-0.15, -0.1) is 0 Å². The molecule has 2 amide bonds. The number of carbonyl (C=O) groups is 3. The summed E-state index contributed by atoms with van der Waals surface area (Å²) < 4.78 is 0. The summed E-state index contributed by atoms with van der Waals surface area (Å²) in [6.07, 6.45) is 3.69. The molecular weight excluding hydrogens is 346 g/mol. The third kappa shape index (κ3) is 6.54. The largest absolute Gasteiger partial charge is 0.481 e. The van der Waals surface area contributed by atoms with E-state index in [0.717, 1.165) is 5.56 Å². The number of carboxylic acid groups (broad SMARTS) is 1. The summed E-state index contributed by atoms with van der Waals surface area (Å²) in [4.78, 5) is 41.4. The van der Waals surface area contributed by atoms with Crippen LogP contribution in [0.15, 0.2) is 54.9 Å². The topological polar surface area (TPSA) is 99.6 Å². The van der Waals surface area contributed by atoms with E-state index in [4.69, 9.17) is 5.11 Å². The van der Waals surface area contributed by atoms with Crippen molar-refractivity contribution in [2.24, 2.45) is 0 Å². The summed E-state index contributed by atoms with van der Waals surface area (Å²) in [5.41, 5.74) is 1.29. The minimum absolute atomic E-state index is 0.0109. The fourth-order valence-electron chi connectivity index (χ4n) is 2.63. The first-order valence-electron chi connectivity index (χ1n) is 8.69. The zero-order chi connectivity index (χ0) is 19.6. The van der Waals surface area contributed by atoms with Crippen molar-refractivity contribution in [3.05, 3.63) is 66.0 Å². The SMILES string of the molecule is CN(CCCC(=O)O)C(=O)C(Cc1ccccc1)NC(=O)c1cccnc1. The maximum absolute atomic E-state index is 12.8. The van der Waals surface area contributed by atoms with Gasteiger partial charge < -0.3 is 15.3 Å².